The molecule has 0 amide bonds. The van der Waals surface area contributed by atoms with Gasteiger partial charge in [0, 0.05) is 12.0 Å². The molecule has 1 aliphatic heterocycles. The normalized spacial score (nSPS) is 18.2. The molecule has 2 heterocycles. The number of nitrogens with one attached hydrogen (secondary N) is 1. The lowest BCUT2D eigenvalue weighted by Gasteiger charge is -2.41. The minimum atomic E-state index is -0.803. The topological polar surface area (TPSA) is 108 Å². The average molecular weight is 376 g/mol. The predicted molar refractivity (Wildman–Crippen MR) is 106 cm³/mol. The Morgan fingerprint density at radius 1 is 1.32 bits per heavy atom. The van der Waals surface area contributed by atoms with Crippen LogP contribution in [0.1, 0.15) is 48.2 Å². The predicted octanol–water partition coefficient (Wildman–Crippen LogP) is 2.79. The molecule has 0 fully saturated rings. The van der Waals surface area contributed by atoms with Crippen molar-refractivity contribution in [2.75, 3.05) is 6.61 Å². The number of hydrogen-bond donors (Lipinski definition) is 3. The molecule has 6 heteroatoms. The molecule has 0 bridgehead atoms. The van der Waals surface area contributed by atoms with Gasteiger partial charge < -0.3 is 15.6 Å². The zero-order valence-corrected chi connectivity index (χ0v) is 16.6. The van der Waals surface area contributed by atoms with Crippen LogP contribution in [0.2, 0.25) is 0 Å². The molecular weight excluding hydrogens is 352 g/mol. The number of ether oxygens (including phenoxy) is 1. The van der Waals surface area contributed by atoms with Crippen LogP contribution in [0.15, 0.2) is 29.7 Å². The fourth-order valence-corrected chi connectivity index (χ4v) is 4.08. The third-order valence-corrected chi connectivity index (χ3v) is 5.14. The molecule has 1 atom stereocenters. The Balaban J connectivity index is 2.37. The van der Waals surface area contributed by atoms with Crippen molar-refractivity contribution in [2.24, 2.45) is 11.7 Å². The lowest BCUT2D eigenvalue weighted by atomic mass is 9.61. The Morgan fingerprint density at radius 3 is 2.71 bits per heavy atom. The number of nitriles is 1. The van der Waals surface area contributed by atoms with Gasteiger partial charge in [0.25, 0.3) is 0 Å². The molecule has 2 aromatic rings. The zero-order valence-electron chi connectivity index (χ0n) is 16.6. The van der Waals surface area contributed by atoms with Crippen LogP contribution in [0.3, 0.4) is 0 Å². The third kappa shape index (κ3) is 2.93. The molecule has 0 spiro atoms. The Bertz CT molecular complexity index is 1050. The van der Waals surface area contributed by atoms with Crippen molar-refractivity contribution in [3.63, 3.8) is 0 Å². The van der Waals surface area contributed by atoms with E-state index in [2.05, 4.69) is 48.0 Å². The SMILES string of the molecule is Cc1cc(C#CCCO)cc(C2(C(C)C)C(C#N)=C(N)Oc3[nH]nc(C)c32)c1. The fourth-order valence-electron chi connectivity index (χ4n) is 4.08. The van der Waals surface area contributed by atoms with Gasteiger partial charge in [-0.05, 0) is 43.0 Å². The van der Waals surface area contributed by atoms with Crippen molar-refractivity contribution in [2.45, 2.75) is 39.5 Å². The van der Waals surface area contributed by atoms with E-state index in [9.17, 15) is 5.26 Å². The van der Waals surface area contributed by atoms with Crippen LogP contribution in [-0.4, -0.2) is 21.9 Å². The molecular formula is C22H24N4O2. The van der Waals surface area contributed by atoms with Crippen LogP contribution in [-0.2, 0) is 5.41 Å². The van der Waals surface area contributed by atoms with E-state index in [1.165, 1.54) is 0 Å². The number of aliphatic hydroxyl groups excluding tert-OH is 1. The lowest BCUT2D eigenvalue weighted by Crippen LogP contribution is -2.41. The summed E-state index contributed by atoms with van der Waals surface area (Å²) in [6, 6.07) is 8.33. The third-order valence-electron chi connectivity index (χ3n) is 5.14. The van der Waals surface area contributed by atoms with E-state index in [1.54, 1.807) is 0 Å². The summed E-state index contributed by atoms with van der Waals surface area (Å²) in [7, 11) is 0. The Kier molecular flexibility index (Phi) is 5.18. The number of rotatable bonds is 3. The monoisotopic (exact) mass is 376 g/mol. The number of aromatic nitrogens is 2. The van der Waals surface area contributed by atoms with Crippen LogP contribution in [0, 0.1) is 42.9 Å². The van der Waals surface area contributed by atoms with Gasteiger partial charge in [-0.2, -0.15) is 10.4 Å². The highest BCUT2D eigenvalue weighted by molar-refractivity contribution is 5.63. The molecule has 4 N–H and O–H groups in total. The van der Waals surface area contributed by atoms with Gasteiger partial charge in [-0.25, -0.2) is 5.10 Å². The van der Waals surface area contributed by atoms with Gasteiger partial charge in [0.2, 0.25) is 11.8 Å². The van der Waals surface area contributed by atoms with Crippen molar-refractivity contribution in [1.29, 1.82) is 5.26 Å². The summed E-state index contributed by atoms with van der Waals surface area (Å²) in [5, 5.41) is 26.2. The molecule has 0 aliphatic carbocycles. The van der Waals surface area contributed by atoms with E-state index < -0.39 is 5.41 Å². The quantitative estimate of drug-likeness (QED) is 0.714. The highest BCUT2D eigenvalue weighted by Crippen LogP contribution is 2.52. The summed E-state index contributed by atoms with van der Waals surface area (Å²) in [6.07, 6.45) is 0.410. The van der Waals surface area contributed by atoms with Crippen molar-refractivity contribution in [3.05, 3.63) is 57.6 Å². The number of fused-ring (bicyclic) bond motifs is 1. The number of aryl methyl sites for hydroxylation is 2. The summed E-state index contributed by atoms with van der Waals surface area (Å²) in [5.74, 6) is 6.62. The van der Waals surface area contributed by atoms with Crippen LogP contribution in [0.25, 0.3) is 0 Å². The standard InChI is InChI=1S/C22H24N4O2/c1-13(2)22(17-10-14(3)9-16(11-17)7-5-6-8-27)18(12-23)20(24)28-21-19(22)15(4)25-26-21/h9-11,13,27H,6,8,24H2,1-4H3,(H,25,26). The van der Waals surface area contributed by atoms with Crippen molar-refractivity contribution in [1.82, 2.24) is 10.2 Å². The maximum absolute atomic E-state index is 10.0. The molecule has 28 heavy (non-hydrogen) atoms. The summed E-state index contributed by atoms with van der Waals surface area (Å²) in [6.45, 7) is 8.03. The van der Waals surface area contributed by atoms with Crippen LogP contribution < -0.4 is 10.5 Å². The smallest absolute Gasteiger partial charge is 0.222 e. The van der Waals surface area contributed by atoms with Crippen LogP contribution in [0.5, 0.6) is 5.88 Å². The number of nitrogens with two attached hydrogens (primary N) is 1. The number of aliphatic hydroxyl groups is 1. The van der Waals surface area contributed by atoms with Crippen LogP contribution in [0.4, 0.5) is 0 Å². The zero-order chi connectivity index (χ0) is 20.5. The van der Waals surface area contributed by atoms with E-state index in [0.29, 0.717) is 17.9 Å². The van der Waals surface area contributed by atoms with Gasteiger partial charge in [0.05, 0.1) is 23.3 Å². The average Bonchev–Trinajstić information content (AvgIpc) is 3.00. The van der Waals surface area contributed by atoms with E-state index in [4.69, 9.17) is 15.6 Å². The maximum atomic E-state index is 10.0. The minimum Gasteiger partial charge on any atom is -0.422 e. The number of aromatic amines is 1. The summed E-state index contributed by atoms with van der Waals surface area (Å²) in [5.41, 5.74) is 10.1. The minimum absolute atomic E-state index is 0.000277. The number of hydrogen-bond acceptors (Lipinski definition) is 5. The summed E-state index contributed by atoms with van der Waals surface area (Å²) in [4.78, 5) is 0. The molecule has 0 saturated heterocycles. The summed E-state index contributed by atoms with van der Waals surface area (Å²) < 4.78 is 5.68. The molecule has 1 aromatic heterocycles. The molecule has 144 valence electrons. The van der Waals surface area contributed by atoms with Gasteiger partial charge in [0.15, 0.2) is 0 Å². The van der Waals surface area contributed by atoms with E-state index >= 15 is 0 Å². The Morgan fingerprint density at radius 2 is 2.07 bits per heavy atom. The first-order valence-corrected chi connectivity index (χ1v) is 9.21. The molecule has 1 unspecified atom stereocenters. The number of allylic oxidation sites excluding steroid dienone is 1. The second kappa shape index (κ2) is 7.42. The van der Waals surface area contributed by atoms with Crippen LogP contribution >= 0.6 is 0 Å². The van der Waals surface area contributed by atoms with Gasteiger partial charge >= 0.3 is 0 Å². The fraction of sp³-hybridized carbons (Fsp3) is 0.364. The Hall–Kier alpha value is -3.22. The van der Waals surface area contributed by atoms with E-state index in [-0.39, 0.29) is 18.4 Å². The molecule has 3 rings (SSSR count). The molecule has 1 aliphatic rings. The van der Waals surface area contributed by atoms with Gasteiger partial charge in [0.1, 0.15) is 11.6 Å². The summed E-state index contributed by atoms with van der Waals surface area (Å²) >= 11 is 0. The molecule has 0 saturated carbocycles. The van der Waals surface area contributed by atoms with E-state index in [1.807, 2.05) is 26.0 Å². The van der Waals surface area contributed by atoms with Gasteiger partial charge in [-0.1, -0.05) is 31.8 Å². The van der Waals surface area contributed by atoms with Gasteiger partial charge in [-0.15, -0.1) is 0 Å². The first-order chi connectivity index (χ1) is 13.4. The number of H-pyrrole nitrogens is 1. The highest BCUT2D eigenvalue weighted by Gasteiger charge is 2.50. The van der Waals surface area contributed by atoms with Crippen molar-refractivity contribution in [3.8, 4) is 23.8 Å². The number of nitrogens with zero attached hydrogens (tertiary/aromatic N) is 2. The first-order valence-electron chi connectivity index (χ1n) is 9.21. The number of benzene rings is 1. The first kappa shape index (κ1) is 19.5. The van der Waals surface area contributed by atoms with Crippen molar-refractivity contribution >= 4 is 0 Å². The second-order valence-electron chi connectivity index (χ2n) is 7.29. The molecule has 0 radical (unpaired) electrons. The largest absolute Gasteiger partial charge is 0.422 e. The lowest BCUT2D eigenvalue weighted by molar-refractivity contribution is 0.305. The maximum Gasteiger partial charge on any atom is 0.222 e. The van der Waals surface area contributed by atoms with Gasteiger partial charge in [-0.3, -0.25) is 0 Å². The Labute approximate surface area is 165 Å². The highest BCUT2D eigenvalue weighted by atomic mass is 16.5. The second-order valence-corrected chi connectivity index (χ2v) is 7.29. The molecule has 6 nitrogen and oxygen atoms in total. The van der Waals surface area contributed by atoms with Crippen molar-refractivity contribution < 1.29 is 9.84 Å². The van der Waals surface area contributed by atoms with E-state index in [0.717, 1.165) is 27.9 Å². The molecule has 1 aromatic carbocycles.